The molecule has 1 heterocycles. The zero-order valence-corrected chi connectivity index (χ0v) is 11.6. The molecule has 3 rings (SSSR count). The first-order chi connectivity index (χ1) is 9.53. The highest BCUT2D eigenvalue weighted by Gasteiger charge is 2.53. The van der Waals surface area contributed by atoms with Gasteiger partial charge in [0, 0.05) is 0 Å². The quantitative estimate of drug-likeness (QED) is 0.779. The van der Waals surface area contributed by atoms with Gasteiger partial charge in [-0.25, -0.2) is 9.69 Å². The number of anilines is 1. The maximum absolute atomic E-state index is 12.7. The highest BCUT2D eigenvalue weighted by atomic mass is 35.5. The number of carbonyl (C=O) groups is 2. The first kappa shape index (κ1) is 13.4. The van der Waals surface area contributed by atoms with E-state index in [1.165, 1.54) is 0 Å². The first-order valence-corrected chi connectivity index (χ1v) is 7.01. The maximum Gasteiger partial charge on any atom is 0.329 e. The zero-order chi connectivity index (χ0) is 14.3. The molecule has 1 aromatic rings. The van der Waals surface area contributed by atoms with Crippen LogP contribution in [0.5, 0.6) is 0 Å². The van der Waals surface area contributed by atoms with Crippen molar-refractivity contribution in [3.8, 4) is 0 Å². The third-order valence-electron chi connectivity index (χ3n) is 4.06. The van der Waals surface area contributed by atoms with Crippen LogP contribution in [0.4, 0.5) is 10.5 Å². The van der Waals surface area contributed by atoms with E-state index in [9.17, 15) is 14.7 Å². The third kappa shape index (κ3) is 1.98. The molecule has 2 fully saturated rings. The van der Waals surface area contributed by atoms with E-state index in [1.54, 1.807) is 24.3 Å². The SMILES string of the molecule is O=C1NC2(CCC(O)CC2)C(=O)N1c1ccccc1Cl. The van der Waals surface area contributed by atoms with Crippen LogP contribution in [-0.2, 0) is 4.79 Å². The number of rotatable bonds is 1. The van der Waals surface area contributed by atoms with Crippen LogP contribution in [0.25, 0.3) is 0 Å². The number of aliphatic hydroxyl groups excluding tert-OH is 1. The van der Waals surface area contributed by atoms with E-state index < -0.39 is 11.6 Å². The fraction of sp³-hybridized carbons (Fsp3) is 0.429. The van der Waals surface area contributed by atoms with Gasteiger partial charge in [-0.3, -0.25) is 4.79 Å². The Bertz CT molecular complexity index is 567. The van der Waals surface area contributed by atoms with Crippen LogP contribution in [-0.4, -0.2) is 28.7 Å². The number of nitrogens with one attached hydrogen (secondary N) is 1. The zero-order valence-electron chi connectivity index (χ0n) is 10.8. The standard InChI is InChI=1S/C14H15ClN2O3/c15-10-3-1-2-4-11(10)17-12(19)14(16-13(17)20)7-5-9(18)6-8-14/h1-4,9,18H,5-8H2,(H,16,20). The molecule has 1 aliphatic carbocycles. The van der Waals surface area contributed by atoms with Crippen molar-refractivity contribution in [2.24, 2.45) is 0 Å². The Kier molecular flexibility index (Phi) is 3.18. The Morgan fingerprint density at radius 2 is 1.90 bits per heavy atom. The van der Waals surface area contributed by atoms with Gasteiger partial charge in [-0.15, -0.1) is 0 Å². The highest BCUT2D eigenvalue weighted by molar-refractivity contribution is 6.36. The molecule has 1 saturated carbocycles. The van der Waals surface area contributed by atoms with Crippen LogP contribution in [0.2, 0.25) is 5.02 Å². The van der Waals surface area contributed by atoms with E-state index in [4.69, 9.17) is 11.6 Å². The lowest BCUT2D eigenvalue weighted by atomic mass is 9.80. The average Bonchev–Trinajstić information content (AvgIpc) is 2.66. The second-order valence-corrected chi connectivity index (χ2v) is 5.74. The number of urea groups is 1. The number of nitrogens with zero attached hydrogens (tertiary/aromatic N) is 1. The van der Waals surface area contributed by atoms with E-state index >= 15 is 0 Å². The molecule has 0 radical (unpaired) electrons. The predicted octanol–water partition coefficient (Wildman–Crippen LogP) is 2.07. The number of halogens is 1. The van der Waals surface area contributed by atoms with Crippen molar-refractivity contribution >= 4 is 29.2 Å². The molecule has 20 heavy (non-hydrogen) atoms. The van der Waals surface area contributed by atoms with Gasteiger partial charge in [-0.05, 0) is 37.8 Å². The number of benzene rings is 1. The third-order valence-corrected chi connectivity index (χ3v) is 4.38. The molecule has 2 aliphatic rings. The molecule has 3 amide bonds. The first-order valence-electron chi connectivity index (χ1n) is 6.63. The summed E-state index contributed by atoms with van der Waals surface area (Å²) >= 11 is 6.07. The average molecular weight is 295 g/mol. The summed E-state index contributed by atoms with van der Waals surface area (Å²) in [6, 6.07) is 6.33. The summed E-state index contributed by atoms with van der Waals surface area (Å²) in [7, 11) is 0. The van der Waals surface area contributed by atoms with Crippen molar-refractivity contribution < 1.29 is 14.7 Å². The molecule has 1 aliphatic heterocycles. The molecule has 0 bridgehead atoms. The number of hydrogen-bond acceptors (Lipinski definition) is 3. The van der Waals surface area contributed by atoms with E-state index in [0.29, 0.717) is 36.4 Å². The highest BCUT2D eigenvalue weighted by Crippen LogP contribution is 2.37. The number of aliphatic hydroxyl groups is 1. The Hall–Kier alpha value is -1.59. The summed E-state index contributed by atoms with van der Waals surface area (Å²) in [5, 5.41) is 12.7. The molecule has 2 N–H and O–H groups in total. The topological polar surface area (TPSA) is 69.6 Å². The van der Waals surface area contributed by atoms with Gasteiger partial charge in [0.15, 0.2) is 0 Å². The van der Waals surface area contributed by atoms with Crippen LogP contribution in [0.1, 0.15) is 25.7 Å². The van der Waals surface area contributed by atoms with Crippen molar-refractivity contribution in [3.05, 3.63) is 29.3 Å². The number of amides is 3. The number of imide groups is 1. The Morgan fingerprint density at radius 1 is 1.25 bits per heavy atom. The Morgan fingerprint density at radius 3 is 2.55 bits per heavy atom. The molecule has 6 heteroatoms. The molecule has 1 saturated heterocycles. The van der Waals surface area contributed by atoms with Gasteiger partial charge in [0.1, 0.15) is 5.54 Å². The van der Waals surface area contributed by atoms with Crippen LogP contribution >= 0.6 is 11.6 Å². The molecule has 1 spiro atoms. The van der Waals surface area contributed by atoms with Gasteiger partial charge < -0.3 is 10.4 Å². The molecule has 106 valence electrons. The summed E-state index contributed by atoms with van der Waals surface area (Å²) < 4.78 is 0. The van der Waals surface area contributed by atoms with Gasteiger partial charge in [0.2, 0.25) is 0 Å². The van der Waals surface area contributed by atoms with Gasteiger partial charge in [0.25, 0.3) is 5.91 Å². The predicted molar refractivity (Wildman–Crippen MR) is 74.7 cm³/mol. The summed E-state index contributed by atoms with van der Waals surface area (Å²) in [4.78, 5) is 25.9. The minimum absolute atomic E-state index is 0.275. The molecule has 0 unspecified atom stereocenters. The molecule has 0 atom stereocenters. The number of carbonyl (C=O) groups excluding carboxylic acids is 2. The van der Waals surface area contributed by atoms with Crippen LogP contribution in [0.15, 0.2) is 24.3 Å². The van der Waals surface area contributed by atoms with Gasteiger partial charge in [-0.1, -0.05) is 23.7 Å². The maximum atomic E-state index is 12.7. The fourth-order valence-corrected chi connectivity index (χ4v) is 3.13. The van der Waals surface area contributed by atoms with Crippen LogP contribution < -0.4 is 10.2 Å². The summed E-state index contributed by atoms with van der Waals surface area (Å²) in [6.45, 7) is 0. The monoisotopic (exact) mass is 294 g/mol. The molecular formula is C14H15ClN2O3. The van der Waals surface area contributed by atoms with E-state index in [-0.39, 0.29) is 12.0 Å². The molecular weight excluding hydrogens is 280 g/mol. The van der Waals surface area contributed by atoms with Crippen molar-refractivity contribution in [2.75, 3.05) is 4.90 Å². The molecule has 0 aromatic heterocycles. The minimum atomic E-state index is -0.879. The van der Waals surface area contributed by atoms with E-state index in [0.717, 1.165) is 4.90 Å². The smallest absolute Gasteiger partial charge is 0.329 e. The van der Waals surface area contributed by atoms with Crippen LogP contribution in [0, 0.1) is 0 Å². The second-order valence-electron chi connectivity index (χ2n) is 5.34. The van der Waals surface area contributed by atoms with Crippen molar-refractivity contribution in [1.82, 2.24) is 5.32 Å². The van der Waals surface area contributed by atoms with Crippen molar-refractivity contribution in [3.63, 3.8) is 0 Å². The van der Waals surface area contributed by atoms with Crippen molar-refractivity contribution in [2.45, 2.75) is 37.3 Å². The minimum Gasteiger partial charge on any atom is -0.393 e. The summed E-state index contributed by atoms with van der Waals surface area (Å²) in [5.74, 6) is -0.275. The lowest BCUT2D eigenvalue weighted by Crippen LogP contribution is -2.50. The van der Waals surface area contributed by atoms with Crippen molar-refractivity contribution in [1.29, 1.82) is 0 Å². The summed E-state index contributed by atoms with van der Waals surface area (Å²) in [5.41, 5.74) is -0.477. The lowest BCUT2D eigenvalue weighted by molar-refractivity contribution is -0.123. The van der Waals surface area contributed by atoms with E-state index in [1.807, 2.05) is 0 Å². The second kappa shape index (κ2) is 4.75. The van der Waals surface area contributed by atoms with Crippen LogP contribution in [0.3, 0.4) is 0 Å². The normalized spacial score (nSPS) is 29.9. The van der Waals surface area contributed by atoms with Gasteiger partial charge in [0.05, 0.1) is 16.8 Å². The van der Waals surface area contributed by atoms with Gasteiger partial charge >= 0.3 is 6.03 Å². The Balaban J connectivity index is 1.94. The van der Waals surface area contributed by atoms with Gasteiger partial charge in [-0.2, -0.15) is 0 Å². The lowest BCUT2D eigenvalue weighted by Gasteiger charge is -2.32. The number of hydrogen-bond donors (Lipinski definition) is 2. The largest absolute Gasteiger partial charge is 0.393 e. The molecule has 5 nitrogen and oxygen atoms in total. The number of para-hydroxylation sites is 1. The summed E-state index contributed by atoms with van der Waals surface area (Å²) in [6.07, 6.45) is 1.56. The van der Waals surface area contributed by atoms with E-state index in [2.05, 4.69) is 5.32 Å². The Labute approximate surface area is 121 Å². The fourth-order valence-electron chi connectivity index (χ4n) is 2.91. The molecule has 1 aromatic carbocycles.